The number of benzene rings is 2. The van der Waals surface area contributed by atoms with Gasteiger partial charge in [0.25, 0.3) is 5.92 Å². The lowest BCUT2D eigenvalue weighted by Crippen LogP contribution is -2.20. The fourth-order valence-electron chi connectivity index (χ4n) is 1.70. The van der Waals surface area contributed by atoms with E-state index < -0.39 is 11.8 Å². The summed E-state index contributed by atoms with van der Waals surface area (Å²) in [6.07, 6.45) is 0. The van der Waals surface area contributed by atoms with E-state index in [0.29, 0.717) is 11.5 Å². The number of hydrogen-bond acceptors (Lipinski definition) is 1. The summed E-state index contributed by atoms with van der Waals surface area (Å²) in [5.74, 6) is -2.31. The van der Waals surface area contributed by atoms with Crippen molar-refractivity contribution in [3.05, 3.63) is 60.2 Å². The van der Waals surface area contributed by atoms with Gasteiger partial charge in [0.15, 0.2) is 0 Å². The van der Waals surface area contributed by atoms with Crippen LogP contribution in [-0.4, -0.2) is 0 Å². The lowest BCUT2D eigenvalue weighted by atomic mass is 9.98. The van der Waals surface area contributed by atoms with Crippen LogP contribution in [0.15, 0.2) is 54.6 Å². The third-order valence-corrected chi connectivity index (χ3v) is 2.94. The van der Waals surface area contributed by atoms with Crippen LogP contribution >= 0.6 is 0 Å². The Morgan fingerprint density at radius 3 is 1.89 bits per heavy atom. The van der Waals surface area contributed by atoms with Crippen LogP contribution < -0.4 is 4.74 Å². The number of rotatable bonds is 4. The maximum Gasteiger partial charge on any atom is 0.275 e. The number of ether oxygens (including phenoxy) is 1. The van der Waals surface area contributed by atoms with Crippen LogP contribution in [0.5, 0.6) is 11.5 Å². The molecule has 0 radical (unpaired) electrons. The highest BCUT2D eigenvalue weighted by atomic mass is 19.3. The van der Waals surface area contributed by atoms with Crippen molar-refractivity contribution in [3.63, 3.8) is 0 Å². The maximum atomic E-state index is 13.8. The molecule has 0 saturated heterocycles. The van der Waals surface area contributed by atoms with Crippen molar-refractivity contribution in [1.82, 2.24) is 0 Å². The Hall–Kier alpha value is -1.90. The van der Waals surface area contributed by atoms with Crippen molar-refractivity contribution in [3.8, 4) is 11.5 Å². The Morgan fingerprint density at radius 2 is 1.37 bits per heavy atom. The number of hydrogen-bond donors (Lipinski definition) is 0. The minimum absolute atomic E-state index is 0.0166. The van der Waals surface area contributed by atoms with Gasteiger partial charge in [-0.25, -0.2) is 8.78 Å². The highest BCUT2D eigenvalue weighted by Gasteiger charge is 2.35. The van der Waals surface area contributed by atoms with Crippen molar-refractivity contribution in [2.24, 2.45) is 5.92 Å². The summed E-state index contributed by atoms with van der Waals surface area (Å²) < 4.78 is 33.2. The molecule has 0 aliphatic carbocycles. The normalized spacial score (nSPS) is 11.6. The first-order chi connectivity index (χ1) is 9.00. The molecule has 0 aromatic heterocycles. The molecule has 0 amide bonds. The zero-order valence-electron chi connectivity index (χ0n) is 10.9. The number of alkyl halides is 2. The zero-order chi connectivity index (χ0) is 13.9. The Bertz CT molecular complexity index is 518. The van der Waals surface area contributed by atoms with Gasteiger partial charge in [0.05, 0.1) is 0 Å². The lowest BCUT2D eigenvalue weighted by molar-refractivity contribution is -0.0513. The second-order valence-corrected chi connectivity index (χ2v) is 4.72. The number of halogens is 2. The van der Waals surface area contributed by atoms with E-state index in [1.165, 1.54) is 26.0 Å². The van der Waals surface area contributed by atoms with Crippen molar-refractivity contribution in [2.45, 2.75) is 19.8 Å². The first kappa shape index (κ1) is 13.5. The third-order valence-electron chi connectivity index (χ3n) is 2.94. The van der Waals surface area contributed by atoms with Gasteiger partial charge in [0, 0.05) is 11.5 Å². The summed E-state index contributed by atoms with van der Waals surface area (Å²) in [5, 5.41) is 0. The molecule has 100 valence electrons. The molecule has 2 aromatic carbocycles. The van der Waals surface area contributed by atoms with E-state index in [1.807, 2.05) is 30.3 Å². The van der Waals surface area contributed by atoms with Gasteiger partial charge < -0.3 is 4.74 Å². The zero-order valence-corrected chi connectivity index (χ0v) is 10.9. The Labute approximate surface area is 111 Å². The van der Waals surface area contributed by atoms with E-state index in [2.05, 4.69) is 0 Å². The molecule has 0 aliphatic rings. The summed E-state index contributed by atoms with van der Waals surface area (Å²) in [6, 6.07) is 15.2. The largest absolute Gasteiger partial charge is 0.457 e. The van der Waals surface area contributed by atoms with Gasteiger partial charge in [-0.1, -0.05) is 32.0 Å². The molecule has 2 aromatic rings. The molecule has 0 atom stereocenters. The van der Waals surface area contributed by atoms with E-state index in [-0.39, 0.29) is 5.56 Å². The summed E-state index contributed by atoms with van der Waals surface area (Å²) >= 11 is 0. The Morgan fingerprint density at radius 1 is 0.842 bits per heavy atom. The van der Waals surface area contributed by atoms with Crippen LogP contribution in [0.2, 0.25) is 0 Å². The van der Waals surface area contributed by atoms with Crippen molar-refractivity contribution < 1.29 is 13.5 Å². The maximum absolute atomic E-state index is 13.8. The van der Waals surface area contributed by atoms with E-state index in [4.69, 9.17) is 4.74 Å². The number of para-hydroxylation sites is 1. The average molecular weight is 262 g/mol. The summed E-state index contributed by atoms with van der Waals surface area (Å²) in [5.41, 5.74) is 0.0166. The van der Waals surface area contributed by atoms with Gasteiger partial charge in [-0.15, -0.1) is 0 Å². The molecule has 0 spiro atoms. The van der Waals surface area contributed by atoms with Gasteiger partial charge in [-0.2, -0.15) is 0 Å². The van der Waals surface area contributed by atoms with Gasteiger partial charge in [0.2, 0.25) is 0 Å². The molecule has 3 heteroatoms. The molecule has 0 unspecified atom stereocenters. The molecule has 0 fully saturated rings. The fraction of sp³-hybridized carbons (Fsp3) is 0.250. The summed E-state index contributed by atoms with van der Waals surface area (Å²) in [6.45, 7) is 3.02. The van der Waals surface area contributed by atoms with Crippen molar-refractivity contribution in [2.75, 3.05) is 0 Å². The minimum Gasteiger partial charge on any atom is -0.457 e. The van der Waals surface area contributed by atoms with E-state index in [0.717, 1.165) is 0 Å². The van der Waals surface area contributed by atoms with Gasteiger partial charge in [0.1, 0.15) is 11.5 Å². The minimum atomic E-state index is -2.81. The molecule has 0 heterocycles. The predicted molar refractivity (Wildman–Crippen MR) is 71.7 cm³/mol. The third kappa shape index (κ3) is 3.11. The molecule has 0 N–H and O–H groups in total. The van der Waals surface area contributed by atoms with Crippen LogP contribution in [0.3, 0.4) is 0 Å². The molecular weight excluding hydrogens is 246 g/mol. The smallest absolute Gasteiger partial charge is 0.275 e. The average Bonchev–Trinajstić information content (AvgIpc) is 2.40. The fourth-order valence-corrected chi connectivity index (χ4v) is 1.70. The van der Waals surface area contributed by atoms with Gasteiger partial charge in [-0.3, -0.25) is 0 Å². The second-order valence-electron chi connectivity index (χ2n) is 4.72. The molecule has 0 bridgehead atoms. The van der Waals surface area contributed by atoms with E-state index in [9.17, 15) is 8.78 Å². The van der Waals surface area contributed by atoms with Crippen LogP contribution in [0.4, 0.5) is 8.78 Å². The van der Waals surface area contributed by atoms with Crippen LogP contribution in [0, 0.1) is 5.92 Å². The van der Waals surface area contributed by atoms with E-state index >= 15 is 0 Å². The monoisotopic (exact) mass is 262 g/mol. The topological polar surface area (TPSA) is 9.23 Å². The van der Waals surface area contributed by atoms with Crippen LogP contribution in [0.1, 0.15) is 19.4 Å². The second kappa shape index (κ2) is 5.39. The van der Waals surface area contributed by atoms with Crippen molar-refractivity contribution in [1.29, 1.82) is 0 Å². The van der Waals surface area contributed by atoms with Crippen LogP contribution in [0.25, 0.3) is 0 Å². The van der Waals surface area contributed by atoms with Gasteiger partial charge >= 0.3 is 0 Å². The highest BCUT2D eigenvalue weighted by Crippen LogP contribution is 2.36. The summed E-state index contributed by atoms with van der Waals surface area (Å²) in [7, 11) is 0. The van der Waals surface area contributed by atoms with Gasteiger partial charge in [-0.05, 0) is 36.4 Å². The van der Waals surface area contributed by atoms with Crippen molar-refractivity contribution >= 4 is 0 Å². The molecule has 0 saturated carbocycles. The Kier molecular flexibility index (Phi) is 3.84. The SMILES string of the molecule is CC(C)C(F)(F)c1ccc(Oc2ccccc2)cc1. The standard InChI is InChI=1S/C16H16F2O/c1-12(2)16(17,18)13-8-10-15(11-9-13)19-14-6-4-3-5-7-14/h3-12H,1-2H3. The molecular formula is C16H16F2O. The van der Waals surface area contributed by atoms with E-state index in [1.54, 1.807) is 12.1 Å². The molecule has 0 aliphatic heterocycles. The molecule has 19 heavy (non-hydrogen) atoms. The molecule has 1 nitrogen and oxygen atoms in total. The lowest BCUT2D eigenvalue weighted by Gasteiger charge is -2.20. The highest BCUT2D eigenvalue weighted by molar-refractivity contribution is 5.34. The predicted octanol–water partition coefficient (Wildman–Crippen LogP) is 5.23. The quantitative estimate of drug-likeness (QED) is 0.733. The first-order valence-corrected chi connectivity index (χ1v) is 6.21. The first-order valence-electron chi connectivity index (χ1n) is 6.21. The Balaban J connectivity index is 2.15. The summed E-state index contributed by atoms with van der Waals surface area (Å²) in [4.78, 5) is 0. The van der Waals surface area contributed by atoms with Crippen LogP contribution in [-0.2, 0) is 5.92 Å². The molecule has 2 rings (SSSR count).